The number of carbonyl (C=O) groups excluding carboxylic acids is 3. The van der Waals surface area contributed by atoms with Crippen LogP contribution in [-0.2, 0) is 38.7 Å². The van der Waals surface area contributed by atoms with Crippen LogP contribution in [0.1, 0.15) is 23.1 Å². The number of carbonyl (C=O) groups is 3. The summed E-state index contributed by atoms with van der Waals surface area (Å²) in [6.07, 6.45) is 1.46. The molecule has 4 aromatic rings. The number of fused-ring (bicyclic) bond motifs is 1. The van der Waals surface area contributed by atoms with Gasteiger partial charge in [0, 0.05) is 36.5 Å². The van der Waals surface area contributed by atoms with Crippen molar-refractivity contribution in [3.63, 3.8) is 0 Å². The van der Waals surface area contributed by atoms with E-state index in [0.717, 1.165) is 27.6 Å². The number of aromatic nitrogens is 1. The number of benzene rings is 3. The maximum atomic E-state index is 13.0. The number of alkyl carbamates (subject to hydrolysis) is 1. The van der Waals surface area contributed by atoms with Gasteiger partial charge in [0.2, 0.25) is 5.91 Å². The summed E-state index contributed by atoms with van der Waals surface area (Å²) in [6, 6.07) is 25.5. The average molecular weight is 500 g/mol. The molecule has 37 heavy (non-hydrogen) atoms. The van der Waals surface area contributed by atoms with Gasteiger partial charge in [-0.3, -0.25) is 4.79 Å². The molecule has 8 nitrogen and oxygen atoms in total. The lowest BCUT2D eigenvalue weighted by Crippen LogP contribution is -2.44. The highest BCUT2D eigenvalue weighted by Crippen LogP contribution is 2.19. The summed E-state index contributed by atoms with van der Waals surface area (Å²) >= 11 is 0. The minimum atomic E-state index is -0.888. The molecule has 0 aliphatic rings. The maximum Gasteiger partial charge on any atom is 0.407 e. The topological polar surface area (TPSA) is 110 Å². The van der Waals surface area contributed by atoms with Crippen LogP contribution in [0.3, 0.4) is 0 Å². The number of ether oxygens (including phenoxy) is 2. The third-order valence-electron chi connectivity index (χ3n) is 5.78. The van der Waals surface area contributed by atoms with Gasteiger partial charge in [-0.05, 0) is 22.8 Å². The summed E-state index contributed by atoms with van der Waals surface area (Å²) in [4.78, 5) is 40.8. The van der Waals surface area contributed by atoms with Gasteiger partial charge in [0.15, 0.2) is 0 Å². The minimum absolute atomic E-state index is 0.0171. The number of nitrogens with one attached hydrogen (secondary N) is 3. The number of para-hydroxylation sites is 1. The maximum absolute atomic E-state index is 13.0. The number of amides is 2. The molecule has 4 rings (SSSR count). The van der Waals surface area contributed by atoms with Crippen molar-refractivity contribution in [1.29, 1.82) is 0 Å². The molecule has 0 saturated carbocycles. The molecule has 0 radical (unpaired) electrons. The Morgan fingerprint density at radius 1 is 0.784 bits per heavy atom. The van der Waals surface area contributed by atoms with Crippen molar-refractivity contribution in [3.8, 4) is 0 Å². The van der Waals surface area contributed by atoms with Gasteiger partial charge in [0.25, 0.3) is 0 Å². The quantitative estimate of drug-likeness (QED) is 0.267. The highest BCUT2D eigenvalue weighted by atomic mass is 16.5. The third-order valence-corrected chi connectivity index (χ3v) is 5.78. The van der Waals surface area contributed by atoms with Gasteiger partial charge in [0.1, 0.15) is 19.3 Å². The number of esters is 1. The van der Waals surface area contributed by atoms with E-state index >= 15 is 0 Å². The normalized spacial score (nSPS) is 11.5. The fourth-order valence-electron chi connectivity index (χ4n) is 3.86. The fourth-order valence-corrected chi connectivity index (χ4v) is 3.86. The molecule has 190 valence electrons. The first-order valence-corrected chi connectivity index (χ1v) is 12.1. The van der Waals surface area contributed by atoms with E-state index in [-0.39, 0.29) is 38.5 Å². The minimum Gasteiger partial charge on any atom is -0.459 e. The summed E-state index contributed by atoms with van der Waals surface area (Å²) in [7, 11) is 0. The SMILES string of the molecule is O=C(CCNC(=O)OCc1ccccc1)NC(Cc1c[nH]c2ccccc12)C(=O)OCc1ccccc1. The Labute approximate surface area is 215 Å². The molecular formula is C29H29N3O5. The summed E-state index contributed by atoms with van der Waals surface area (Å²) in [6.45, 7) is 0.311. The zero-order valence-electron chi connectivity index (χ0n) is 20.3. The van der Waals surface area contributed by atoms with E-state index < -0.39 is 18.1 Å². The molecule has 1 atom stereocenters. The second kappa shape index (κ2) is 12.9. The van der Waals surface area contributed by atoms with Crippen LogP contribution in [0.15, 0.2) is 91.1 Å². The first-order valence-electron chi connectivity index (χ1n) is 12.1. The molecule has 2 amide bonds. The zero-order chi connectivity index (χ0) is 25.9. The number of hydrogen-bond acceptors (Lipinski definition) is 5. The molecule has 0 bridgehead atoms. The zero-order valence-corrected chi connectivity index (χ0v) is 20.3. The van der Waals surface area contributed by atoms with Gasteiger partial charge in [-0.1, -0.05) is 78.9 Å². The Balaban J connectivity index is 1.31. The Kier molecular flexibility index (Phi) is 8.91. The first kappa shape index (κ1) is 25.5. The molecule has 0 spiro atoms. The van der Waals surface area contributed by atoms with E-state index in [1.807, 2.05) is 91.1 Å². The Bertz CT molecular complexity index is 1320. The molecule has 0 fully saturated rings. The number of rotatable bonds is 11. The molecule has 0 aliphatic carbocycles. The first-order chi connectivity index (χ1) is 18.1. The molecule has 3 N–H and O–H groups in total. The number of aromatic amines is 1. The molecule has 8 heteroatoms. The van der Waals surface area contributed by atoms with Crippen LogP contribution >= 0.6 is 0 Å². The third kappa shape index (κ3) is 7.70. The van der Waals surface area contributed by atoms with Gasteiger partial charge < -0.3 is 25.1 Å². The summed E-state index contributed by atoms with van der Waals surface area (Å²) in [5, 5.41) is 6.30. The number of hydrogen-bond donors (Lipinski definition) is 3. The summed E-state index contributed by atoms with van der Waals surface area (Å²) in [5.74, 6) is -0.914. The van der Waals surface area contributed by atoms with Crippen LogP contribution in [0.2, 0.25) is 0 Å². The molecule has 1 heterocycles. The van der Waals surface area contributed by atoms with Crippen molar-refractivity contribution in [2.75, 3.05) is 6.54 Å². The second-order valence-corrected chi connectivity index (χ2v) is 8.52. The molecular weight excluding hydrogens is 470 g/mol. The van der Waals surface area contributed by atoms with E-state index in [1.165, 1.54) is 0 Å². The summed E-state index contributed by atoms with van der Waals surface area (Å²) < 4.78 is 10.7. The predicted molar refractivity (Wildman–Crippen MR) is 139 cm³/mol. The Morgan fingerprint density at radius 3 is 2.11 bits per heavy atom. The van der Waals surface area contributed by atoms with Crippen LogP contribution in [0, 0.1) is 0 Å². The standard InChI is InChI=1S/C29H29N3O5/c33-27(15-16-30-29(35)37-20-22-11-5-2-6-12-22)32-26(28(34)36-19-21-9-3-1-4-10-21)17-23-18-31-25-14-8-7-13-24(23)25/h1-14,18,26,31H,15-17,19-20H2,(H,30,35)(H,32,33). The molecule has 0 aliphatic heterocycles. The molecule has 1 aromatic heterocycles. The molecule has 3 aromatic carbocycles. The van der Waals surface area contributed by atoms with E-state index in [0.29, 0.717) is 0 Å². The summed E-state index contributed by atoms with van der Waals surface area (Å²) in [5.41, 5.74) is 3.55. The lowest BCUT2D eigenvalue weighted by molar-refractivity contribution is -0.149. The van der Waals surface area contributed by atoms with E-state index in [1.54, 1.807) is 0 Å². The second-order valence-electron chi connectivity index (χ2n) is 8.52. The Hall–Kier alpha value is -4.59. The van der Waals surface area contributed by atoms with Crippen LogP contribution in [0.25, 0.3) is 10.9 Å². The fraction of sp³-hybridized carbons (Fsp3) is 0.207. The number of H-pyrrole nitrogens is 1. The van der Waals surface area contributed by atoms with Crippen molar-refractivity contribution in [1.82, 2.24) is 15.6 Å². The highest BCUT2D eigenvalue weighted by molar-refractivity contribution is 5.87. The van der Waals surface area contributed by atoms with Gasteiger partial charge in [-0.2, -0.15) is 0 Å². The predicted octanol–water partition coefficient (Wildman–Crippen LogP) is 4.26. The highest BCUT2D eigenvalue weighted by Gasteiger charge is 2.24. The van der Waals surface area contributed by atoms with E-state index in [4.69, 9.17) is 9.47 Å². The van der Waals surface area contributed by atoms with Crippen molar-refractivity contribution in [3.05, 3.63) is 108 Å². The van der Waals surface area contributed by atoms with Crippen LogP contribution in [0.4, 0.5) is 4.79 Å². The van der Waals surface area contributed by atoms with Crippen molar-refractivity contribution in [2.45, 2.75) is 32.1 Å². The van der Waals surface area contributed by atoms with Crippen LogP contribution in [-0.4, -0.2) is 35.5 Å². The monoisotopic (exact) mass is 499 g/mol. The van der Waals surface area contributed by atoms with Gasteiger partial charge in [-0.15, -0.1) is 0 Å². The molecule has 0 saturated heterocycles. The largest absolute Gasteiger partial charge is 0.459 e. The lowest BCUT2D eigenvalue weighted by Gasteiger charge is -2.18. The van der Waals surface area contributed by atoms with Gasteiger partial charge >= 0.3 is 12.1 Å². The van der Waals surface area contributed by atoms with E-state index in [2.05, 4.69) is 15.6 Å². The van der Waals surface area contributed by atoms with Crippen LogP contribution < -0.4 is 10.6 Å². The Morgan fingerprint density at radius 2 is 1.41 bits per heavy atom. The van der Waals surface area contributed by atoms with Gasteiger partial charge in [0.05, 0.1) is 0 Å². The molecule has 1 unspecified atom stereocenters. The van der Waals surface area contributed by atoms with Crippen LogP contribution in [0.5, 0.6) is 0 Å². The van der Waals surface area contributed by atoms with E-state index in [9.17, 15) is 14.4 Å². The average Bonchev–Trinajstić information content (AvgIpc) is 3.34. The smallest absolute Gasteiger partial charge is 0.407 e. The van der Waals surface area contributed by atoms with Gasteiger partial charge in [-0.25, -0.2) is 9.59 Å². The lowest BCUT2D eigenvalue weighted by atomic mass is 10.0. The van der Waals surface area contributed by atoms with Crippen molar-refractivity contribution < 1.29 is 23.9 Å². The van der Waals surface area contributed by atoms with Crippen molar-refractivity contribution >= 4 is 28.9 Å². The van der Waals surface area contributed by atoms with Crippen molar-refractivity contribution in [2.24, 2.45) is 0 Å².